The number of carbonyl (C=O) groups excluding carboxylic acids is 2. The Kier molecular flexibility index (Phi) is 11.4. The van der Waals surface area contributed by atoms with Crippen LogP contribution in [0.1, 0.15) is 24.5 Å². The van der Waals surface area contributed by atoms with Gasteiger partial charge in [-0.15, -0.1) is 0 Å². The van der Waals surface area contributed by atoms with Crippen LogP contribution in [0.25, 0.3) is 10.8 Å². The van der Waals surface area contributed by atoms with E-state index in [0.29, 0.717) is 47.0 Å². The third-order valence-corrected chi connectivity index (χ3v) is 7.28. The van der Waals surface area contributed by atoms with Crippen LogP contribution < -0.4 is 25.8 Å². The smallest absolute Gasteiger partial charge is 0.412 e. The van der Waals surface area contributed by atoms with Gasteiger partial charge in [-0.1, -0.05) is 84.9 Å². The summed E-state index contributed by atoms with van der Waals surface area (Å²) in [4.78, 5) is 26.1. The fourth-order valence-corrected chi connectivity index (χ4v) is 5.07. The molecule has 5 N–H and O–H groups in total. The van der Waals surface area contributed by atoms with Crippen LogP contribution in [0.15, 0.2) is 133 Å². The van der Waals surface area contributed by atoms with Gasteiger partial charge in [-0.2, -0.15) is 0 Å². The number of ether oxygens (including phenoxy) is 3. The van der Waals surface area contributed by atoms with Crippen molar-refractivity contribution in [1.29, 1.82) is 0 Å². The number of aliphatic hydroxyl groups excluding tert-OH is 1. The molecular weight excluding hydrogens is 594 g/mol. The number of hydrogen-bond donors (Lipinski definition) is 4. The Morgan fingerprint density at radius 1 is 0.787 bits per heavy atom. The SMILES string of the molecule is Nc1ccccc1NC(=O)/C=C/CC[C@@H](Oc1ccccc1)[C@H](OC(=O)Nc1cccc2ccccc12)c1cccc(OCCO)c1. The van der Waals surface area contributed by atoms with Gasteiger partial charge in [0.25, 0.3) is 0 Å². The molecule has 0 fully saturated rings. The minimum atomic E-state index is -0.880. The fraction of sp³-hybridized carbons (Fsp3) is 0.158. The first-order valence-corrected chi connectivity index (χ1v) is 15.3. The standard InChI is InChI=1S/C38H37N3O6/c39-32-19-6-7-20-34(32)40-36(43)23-9-8-22-35(46-29-15-2-1-3-16-29)37(28-14-10-17-30(26-28)45-25-24-42)47-38(44)41-33-21-11-13-27-12-4-5-18-31(27)33/h1-7,9-21,23,26,35,37,42H,8,22,24-25,39H2,(H,40,43)(H,41,44)/b23-9+/t35-,37-/m1/s1. The first kappa shape index (κ1) is 32.6. The van der Waals surface area contributed by atoms with Crippen molar-refractivity contribution in [2.24, 2.45) is 0 Å². The van der Waals surface area contributed by atoms with Crippen molar-refractivity contribution in [3.8, 4) is 11.5 Å². The van der Waals surface area contributed by atoms with Crippen molar-refractivity contribution in [2.75, 3.05) is 29.6 Å². The molecule has 9 heteroatoms. The van der Waals surface area contributed by atoms with Gasteiger partial charge < -0.3 is 30.4 Å². The van der Waals surface area contributed by atoms with E-state index in [9.17, 15) is 14.7 Å². The molecule has 0 spiro atoms. The van der Waals surface area contributed by atoms with E-state index in [0.717, 1.165) is 10.8 Å². The quantitative estimate of drug-likeness (QED) is 0.0737. The summed E-state index contributed by atoms with van der Waals surface area (Å²) >= 11 is 0. The molecule has 0 aromatic heterocycles. The van der Waals surface area contributed by atoms with Gasteiger partial charge in [0.05, 0.1) is 23.7 Å². The average molecular weight is 632 g/mol. The molecule has 240 valence electrons. The highest BCUT2D eigenvalue weighted by Crippen LogP contribution is 2.32. The number of rotatable bonds is 14. The predicted molar refractivity (Wildman–Crippen MR) is 185 cm³/mol. The second-order valence-corrected chi connectivity index (χ2v) is 10.6. The van der Waals surface area contributed by atoms with Crippen LogP contribution in [0.5, 0.6) is 11.5 Å². The Labute approximate surface area is 273 Å². The number of para-hydroxylation sites is 3. The second kappa shape index (κ2) is 16.5. The molecule has 0 saturated heterocycles. The largest absolute Gasteiger partial charge is 0.491 e. The van der Waals surface area contributed by atoms with Gasteiger partial charge in [-0.05, 0) is 72.3 Å². The van der Waals surface area contributed by atoms with E-state index in [-0.39, 0.29) is 19.1 Å². The first-order chi connectivity index (χ1) is 23.0. The van der Waals surface area contributed by atoms with E-state index in [2.05, 4.69) is 10.6 Å². The summed E-state index contributed by atoms with van der Waals surface area (Å²) in [5.74, 6) is 0.781. The molecule has 2 amide bonds. The van der Waals surface area contributed by atoms with Gasteiger partial charge in [0.1, 0.15) is 24.2 Å². The highest BCUT2D eigenvalue weighted by molar-refractivity contribution is 6.01. The average Bonchev–Trinajstić information content (AvgIpc) is 3.09. The highest BCUT2D eigenvalue weighted by atomic mass is 16.6. The third-order valence-electron chi connectivity index (χ3n) is 7.28. The van der Waals surface area contributed by atoms with Crippen molar-refractivity contribution >= 4 is 39.8 Å². The fourth-order valence-electron chi connectivity index (χ4n) is 5.07. The number of benzene rings is 5. The third kappa shape index (κ3) is 9.35. The van der Waals surface area contributed by atoms with Crippen LogP contribution in [-0.2, 0) is 9.53 Å². The number of nitrogens with one attached hydrogen (secondary N) is 2. The maximum atomic E-state index is 13.5. The highest BCUT2D eigenvalue weighted by Gasteiger charge is 2.29. The van der Waals surface area contributed by atoms with E-state index in [1.165, 1.54) is 6.08 Å². The topological polar surface area (TPSA) is 132 Å². The number of nitrogen functional groups attached to an aromatic ring is 1. The number of amides is 2. The monoisotopic (exact) mass is 631 g/mol. The molecule has 0 radical (unpaired) electrons. The Hall–Kier alpha value is -5.80. The minimum absolute atomic E-state index is 0.113. The minimum Gasteiger partial charge on any atom is -0.491 e. The van der Waals surface area contributed by atoms with Crippen LogP contribution in [-0.4, -0.2) is 36.4 Å². The van der Waals surface area contributed by atoms with Crippen LogP contribution >= 0.6 is 0 Å². The normalized spacial score (nSPS) is 12.3. The Morgan fingerprint density at radius 3 is 2.32 bits per heavy atom. The zero-order valence-electron chi connectivity index (χ0n) is 25.8. The van der Waals surface area contributed by atoms with Gasteiger partial charge in [0.15, 0.2) is 6.10 Å². The van der Waals surface area contributed by atoms with Crippen molar-refractivity contribution in [2.45, 2.75) is 25.0 Å². The van der Waals surface area contributed by atoms with Crippen molar-refractivity contribution < 1.29 is 28.9 Å². The molecule has 0 saturated carbocycles. The van der Waals surface area contributed by atoms with Gasteiger partial charge in [-0.25, -0.2) is 4.79 Å². The molecule has 5 rings (SSSR count). The second-order valence-electron chi connectivity index (χ2n) is 10.6. The number of allylic oxidation sites excluding steroid dienone is 1. The van der Waals surface area contributed by atoms with Gasteiger partial charge in [0.2, 0.25) is 5.91 Å². The van der Waals surface area contributed by atoms with E-state index in [4.69, 9.17) is 19.9 Å². The molecule has 5 aromatic rings. The molecule has 47 heavy (non-hydrogen) atoms. The molecule has 0 aliphatic rings. The number of carbonyl (C=O) groups is 2. The molecule has 0 aliphatic heterocycles. The van der Waals surface area contributed by atoms with Crippen LogP contribution in [0.3, 0.4) is 0 Å². The summed E-state index contributed by atoms with van der Waals surface area (Å²) in [5, 5.41) is 16.8. The number of fused-ring (bicyclic) bond motifs is 1. The van der Waals surface area contributed by atoms with E-state index < -0.39 is 18.3 Å². The Balaban J connectivity index is 1.40. The lowest BCUT2D eigenvalue weighted by atomic mass is 9.99. The molecule has 2 atom stereocenters. The lowest BCUT2D eigenvalue weighted by molar-refractivity contribution is -0.111. The van der Waals surface area contributed by atoms with E-state index >= 15 is 0 Å². The summed E-state index contributed by atoms with van der Waals surface area (Å²) in [6.07, 6.45) is 1.80. The summed E-state index contributed by atoms with van der Waals surface area (Å²) in [6.45, 7) is -0.0317. The molecule has 0 heterocycles. The summed E-state index contributed by atoms with van der Waals surface area (Å²) in [5.41, 5.74) is 8.20. The number of hydrogen-bond acceptors (Lipinski definition) is 7. The zero-order chi connectivity index (χ0) is 32.8. The van der Waals surface area contributed by atoms with Crippen molar-refractivity contribution in [1.82, 2.24) is 0 Å². The van der Waals surface area contributed by atoms with Crippen LogP contribution in [0.4, 0.5) is 21.9 Å². The zero-order valence-corrected chi connectivity index (χ0v) is 25.8. The molecule has 0 bridgehead atoms. The first-order valence-electron chi connectivity index (χ1n) is 15.3. The van der Waals surface area contributed by atoms with E-state index in [1.807, 2.05) is 78.9 Å². The van der Waals surface area contributed by atoms with Crippen LogP contribution in [0.2, 0.25) is 0 Å². The maximum Gasteiger partial charge on any atom is 0.412 e. The van der Waals surface area contributed by atoms with Gasteiger partial charge in [-0.3, -0.25) is 10.1 Å². The van der Waals surface area contributed by atoms with Crippen molar-refractivity contribution in [3.05, 3.63) is 139 Å². The Morgan fingerprint density at radius 2 is 1.49 bits per heavy atom. The van der Waals surface area contributed by atoms with Gasteiger partial charge >= 0.3 is 6.09 Å². The van der Waals surface area contributed by atoms with Crippen LogP contribution in [0, 0.1) is 0 Å². The molecular formula is C38H37N3O6. The summed E-state index contributed by atoms with van der Waals surface area (Å²) in [6, 6.07) is 36.8. The predicted octanol–water partition coefficient (Wildman–Crippen LogP) is 7.51. The number of nitrogens with two attached hydrogens (primary N) is 1. The number of aliphatic hydroxyl groups is 1. The number of anilines is 3. The summed E-state index contributed by atoms with van der Waals surface area (Å²) < 4.78 is 18.3. The lowest BCUT2D eigenvalue weighted by Gasteiger charge is -2.28. The summed E-state index contributed by atoms with van der Waals surface area (Å²) in [7, 11) is 0. The Bertz CT molecular complexity index is 1810. The van der Waals surface area contributed by atoms with E-state index in [1.54, 1.807) is 48.5 Å². The molecule has 0 aliphatic carbocycles. The molecule has 5 aromatic carbocycles. The molecule has 0 unspecified atom stereocenters. The van der Waals surface area contributed by atoms with Gasteiger partial charge in [0, 0.05) is 5.39 Å². The molecule has 9 nitrogen and oxygen atoms in total. The maximum absolute atomic E-state index is 13.5. The lowest BCUT2D eigenvalue weighted by Crippen LogP contribution is -2.31. The van der Waals surface area contributed by atoms with Crippen molar-refractivity contribution in [3.63, 3.8) is 0 Å².